The molecule has 1 aliphatic rings. The zero-order valence-corrected chi connectivity index (χ0v) is 12.6. The summed E-state index contributed by atoms with van der Waals surface area (Å²) in [6.07, 6.45) is 3.05. The predicted molar refractivity (Wildman–Crippen MR) is 80.8 cm³/mol. The van der Waals surface area contributed by atoms with E-state index in [2.05, 4.69) is 0 Å². The molecule has 0 aliphatic carbocycles. The molecule has 0 amide bonds. The first-order valence-corrected chi connectivity index (χ1v) is 8.44. The molecule has 1 unspecified atom stereocenters. The van der Waals surface area contributed by atoms with Crippen LogP contribution in [-0.2, 0) is 10.0 Å². The van der Waals surface area contributed by atoms with Crippen molar-refractivity contribution in [3.05, 3.63) is 40.3 Å². The Morgan fingerprint density at radius 1 is 1.35 bits per heavy atom. The lowest BCUT2D eigenvalue weighted by Gasteiger charge is -2.13. The summed E-state index contributed by atoms with van der Waals surface area (Å²) in [5.41, 5.74) is 0.795. The number of aliphatic hydroxyl groups excluding tert-OH is 1. The number of nitrogens with zero attached hydrogens (tertiary/aromatic N) is 1. The largest absolute Gasteiger partial charge is 0.396 e. The molecule has 110 valence electrons. The van der Waals surface area contributed by atoms with E-state index in [4.69, 9.17) is 16.7 Å². The number of rotatable bonds is 5. The van der Waals surface area contributed by atoms with Gasteiger partial charge in [0.1, 0.15) is 0 Å². The van der Waals surface area contributed by atoms with Gasteiger partial charge in [-0.2, -0.15) is 4.31 Å². The van der Waals surface area contributed by atoms with Crippen molar-refractivity contribution in [2.24, 2.45) is 5.92 Å². The SMILES string of the molecule is O=S(=O)(/C=C/c1ccc(Cl)cc1)N1CCC(CCO)C1. The van der Waals surface area contributed by atoms with Gasteiger partial charge in [0.15, 0.2) is 0 Å². The van der Waals surface area contributed by atoms with Gasteiger partial charge in [-0.15, -0.1) is 0 Å². The third-order valence-corrected chi connectivity index (χ3v) is 5.23. The molecule has 4 nitrogen and oxygen atoms in total. The van der Waals surface area contributed by atoms with Gasteiger partial charge in [0.25, 0.3) is 0 Å². The van der Waals surface area contributed by atoms with Crippen LogP contribution in [0.25, 0.3) is 6.08 Å². The normalized spacial score (nSPS) is 20.8. The van der Waals surface area contributed by atoms with E-state index in [1.165, 1.54) is 9.71 Å². The third kappa shape index (κ3) is 4.06. The maximum atomic E-state index is 12.2. The average Bonchev–Trinajstić information content (AvgIpc) is 2.88. The van der Waals surface area contributed by atoms with Gasteiger partial charge in [-0.25, -0.2) is 8.42 Å². The molecule has 1 atom stereocenters. The molecule has 2 rings (SSSR count). The van der Waals surface area contributed by atoms with Crippen LogP contribution in [-0.4, -0.2) is 37.5 Å². The predicted octanol–water partition coefficient (Wildman–Crippen LogP) is 2.34. The van der Waals surface area contributed by atoms with E-state index in [1.807, 2.05) is 0 Å². The molecule has 1 aromatic rings. The van der Waals surface area contributed by atoms with Crippen LogP contribution in [0, 0.1) is 5.92 Å². The smallest absolute Gasteiger partial charge is 0.236 e. The van der Waals surface area contributed by atoms with Crippen LogP contribution in [0.15, 0.2) is 29.7 Å². The van der Waals surface area contributed by atoms with Gasteiger partial charge in [-0.1, -0.05) is 23.7 Å². The fourth-order valence-electron chi connectivity index (χ4n) is 2.27. The van der Waals surface area contributed by atoms with Gasteiger partial charge < -0.3 is 5.11 Å². The summed E-state index contributed by atoms with van der Waals surface area (Å²) in [4.78, 5) is 0. The quantitative estimate of drug-likeness (QED) is 0.907. The molecule has 1 saturated heterocycles. The highest BCUT2D eigenvalue weighted by Crippen LogP contribution is 2.23. The minimum absolute atomic E-state index is 0.110. The minimum atomic E-state index is -3.38. The van der Waals surface area contributed by atoms with Crippen molar-refractivity contribution in [2.75, 3.05) is 19.7 Å². The molecular weight excluding hydrogens is 298 g/mol. The summed E-state index contributed by atoms with van der Waals surface area (Å²) in [7, 11) is -3.38. The standard InChI is InChI=1S/C14H18ClNO3S/c15-14-3-1-12(2-4-14)7-10-20(18,19)16-8-5-13(11-16)6-9-17/h1-4,7,10,13,17H,5-6,8-9,11H2/b10-7+. The summed E-state index contributed by atoms with van der Waals surface area (Å²) in [5, 5.41) is 10.8. The van der Waals surface area contributed by atoms with E-state index in [-0.39, 0.29) is 12.5 Å². The Morgan fingerprint density at radius 3 is 2.70 bits per heavy atom. The summed E-state index contributed by atoms with van der Waals surface area (Å²) in [6.45, 7) is 1.13. The first-order chi connectivity index (χ1) is 9.51. The van der Waals surface area contributed by atoms with Crippen molar-refractivity contribution in [1.29, 1.82) is 0 Å². The zero-order valence-electron chi connectivity index (χ0n) is 11.1. The van der Waals surface area contributed by atoms with Crippen molar-refractivity contribution >= 4 is 27.7 Å². The number of hydrogen-bond acceptors (Lipinski definition) is 3. The van der Waals surface area contributed by atoms with Crippen molar-refractivity contribution in [2.45, 2.75) is 12.8 Å². The lowest BCUT2D eigenvalue weighted by molar-refractivity contribution is 0.260. The van der Waals surface area contributed by atoms with Gasteiger partial charge in [-0.3, -0.25) is 0 Å². The fraction of sp³-hybridized carbons (Fsp3) is 0.429. The maximum Gasteiger partial charge on any atom is 0.236 e. The Bertz CT molecular complexity index is 569. The molecule has 20 heavy (non-hydrogen) atoms. The van der Waals surface area contributed by atoms with Crippen molar-refractivity contribution in [1.82, 2.24) is 4.31 Å². The summed E-state index contributed by atoms with van der Waals surface area (Å²) in [5.74, 6) is 0.263. The van der Waals surface area contributed by atoms with E-state index >= 15 is 0 Å². The second-order valence-corrected chi connectivity index (χ2v) is 7.18. The third-order valence-electron chi connectivity index (χ3n) is 3.45. The van der Waals surface area contributed by atoms with Crippen LogP contribution in [0.2, 0.25) is 5.02 Å². The van der Waals surface area contributed by atoms with Gasteiger partial charge in [0, 0.05) is 30.1 Å². The molecule has 0 radical (unpaired) electrons. The Morgan fingerprint density at radius 2 is 2.05 bits per heavy atom. The monoisotopic (exact) mass is 315 g/mol. The minimum Gasteiger partial charge on any atom is -0.396 e. The van der Waals surface area contributed by atoms with E-state index in [0.717, 1.165) is 12.0 Å². The van der Waals surface area contributed by atoms with Crippen LogP contribution in [0.5, 0.6) is 0 Å². The highest BCUT2D eigenvalue weighted by atomic mass is 35.5. The lowest BCUT2D eigenvalue weighted by Crippen LogP contribution is -2.27. The molecule has 1 N–H and O–H groups in total. The van der Waals surface area contributed by atoms with Crippen LogP contribution < -0.4 is 0 Å². The molecule has 0 spiro atoms. The summed E-state index contributed by atoms with van der Waals surface area (Å²) < 4.78 is 25.8. The Balaban J connectivity index is 2.02. The second-order valence-electron chi connectivity index (χ2n) is 4.92. The zero-order chi connectivity index (χ0) is 14.6. The molecule has 0 bridgehead atoms. The highest BCUT2D eigenvalue weighted by Gasteiger charge is 2.29. The number of hydrogen-bond donors (Lipinski definition) is 1. The number of sulfonamides is 1. The number of halogens is 1. The van der Waals surface area contributed by atoms with Crippen LogP contribution in [0.4, 0.5) is 0 Å². The lowest BCUT2D eigenvalue weighted by atomic mass is 10.1. The van der Waals surface area contributed by atoms with E-state index < -0.39 is 10.0 Å². The average molecular weight is 316 g/mol. The molecule has 1 aliphatic heterocycles. The topological polar surface area (TPSA) is 57.6 Å². The Kier molecular flexibility index (Phi) is 5.21. The molecule has 1 aromatic carbocycles. The molecule has 1 heterocycles. The fourth-order valence-corrected chi connectivity index (χ4v) is 3.68. The molecule has 0 saturated carbocycles. The van der Waals surface area contributed by atoms with E-state index in [1.54, 1.807) is 30.3 Å². The molecule has 1 fully saturated rings. The van der Waals surface area contributed by atoms with Crippen LogP contribution in [0.3, 0.4) is 0 Å². The second kappa shape index (κ2) is 6.72. The van der Waals surface area contributed by atoms with E-state index in [9.17, 15) is 8.42 Å². The van der Waals surface area contributed by atoms with Crippen molar-refractivity contribution in [3.63, 3.8) is 0 Å². The highest BCUT2D eigenvalue weighted by molar-refractivity contribution is 7.92. The first-order valence-electron chi connectivity index (χ1n) is 6.56. The molecular formula is C14H18ClNO3S. The van der Waals surface area contributed by atoms with Gasteiger partial charge in [0.05, 0.1) is 0 Å². The summed E-state index contributed by atoms with van der Waals surface area (Å²) in [6, 6.07) is 6.99. The van der Waals surface area contributed by atoms with Crippen LogP contribution >= 0.6 is 11.6 Å². The summed E-state index contributed by atoms with van der Waals surface area (Å²) >= 11 is 5.78. The first kappa shape index (κ1) is 15.5. The van der Waals surface area contributed by atoms with Gasteiger partial charge in [-0.05, 0) is 42.5 Å². The Labute approximate surface area is 124 Å². The number of benzene rings is 1. The van der Waals surface area contributed by atoms with Crippen LogP contribution in [0.1, 0.15) is 18.4 Å². The Hall–Kier alpha value is -0.880. The maximum absolute atomic E-state index is 12.2. The van der Waals surface area contributed by atoms with Gasteiger partial charge >= 0.3 is 0 Å². The van der Waals surface area contributed by atoms with Gasteiger partial charge in [0.2, 0.25) is 10.0 Å². The van der Waals surface area contributed by atoms with Crippen molar-refractivity contribution in [3.8, 4) is 0 Å². The van der Waals surface area contributed by atoms with E-state index in [0.29, 0.717) is 24.5 Å². The number of aliphatic hydroxyl groups is 1. The molecule has 6 heteroatoms. The molecule has 0 aromatic heterocycles. The van der Waals surface area contributed by atoms with Crippen molar-refractivity contribution < 1.29 is 13.5 Å².